The number of nitrogens with one attached hydrogen (secondary N) is 2. The third-order valence-electron chi connectivity index (χ3n) is 4.07. The van der Waals surface area contributed by atoms with Gasteiger partial charge in [0.25, 0.3) is 5.91 Å². The largest absolute Gasteiger partial charge is 0.356 e. The van der Waals surface area contributed by atoms with Gasteiger partial charge in [-0.2, -0.15) is 0 Å². The quantitative estimate of drug-likeness (QED) is 0.657. The van der Waals surface area contributed by atoms with E-state index in [2.05, 4.69) is 15.6 Å². The van der Waals surface area contributed by atoms with Gasteiger partial charge in [-0.15, -0.1) is 11.3 Å². The van der Waals surface area contributed by atoms with Gasteiger partial charge in [0, 0.05) is 23.5 Å². The molecule has 0 aliphatic rings. The second-order valence-corrected chi connectivity index (χ2v) is 8.32. The maximum atomic E-state index is 12.7. The summed E-state index contributed by atoms with van der Waals surface area (Å²) in [4.78, 5) is 42.9. The summed E-state index contributed by atoms with van der Waals surface area (Å²) in [5, 5.41) is 7.73. The number of benzene rings is 1. The molecule has 8 heteroatoms. The third kappa shape index (κ3) is 7.30. The Balaban J connectivity index is 1.93. The Morgan fingerprint density at radius 2 is 1.76 bits per heavy atom. The minimum Gasteiger partial charge on any atom is -0.356 e. The van der Waals surface area contributed by atoms with E-state index in [9.17, 15) is 14.4 Å². The first kappa shape index (κ1) is 22.5. The predicted molar refractivity (Wildman–Crippen MR) is 115 cm³/mol. The van der Waals surface area contributed by atoms with Crippen LogP contribution in [0.5, 0.6) is 0 Å². The van der Waals surface area contributed by atoms with Crippen molar-refractivity contribution in [1.29, 1.82) is 0 Å². The Morgan fingerprint density at radius 3 is 2.38 bits per heavy atom. The Morgan fingerprint density at radius 1 is 1.07 bits per heavy atom. The maximum Gasteiger partial charge on any atom is 0.254 e. The van der Waals surface area contributed by atoms with Gasteiger partial charge < -0.3 is 15.5 Å². The van der Waals surface area contributed by atoms with Gasteiger partial charge in [-0.1, -0.05) is 32.0 Å². The number of carbonyl (C=O) groups excluding carboxylic acids is 3. The van der Waals surface area contributed by atoms with Crippen LogP contribution in [0.3, 0.4) is 0 Å². The van der Waals surface area contributed by atoms with E-state index >= 15 is 0 Å². The van der Waals surface area contributed by atoms with Gasteiger partial charge in [0.15, 0.2) is 5.13 Å². The van der Waals surface area contributed by atoms with Crippen LogP contribution in [-0.4, -0.2) is 46.7 Å². The van der Waals surface area contributed by atoms with Crippen LogP contribution in [0.25, 0.3) is 0 Å². The molecule has 2 aromatic rings. The molecule has 0 atom stereocenters. The lowest BCUT2D eigenvalue weighted by Crippen LogP contribution is -2.42. The Bertz CT molecular complexity index is 833. The summed E-state index contributed by atoms with van der Waals surface area (Å²) >= 11 is 1.26. The smallest absolute Gasteiger partial charge is 0.254 e. The van der Waals surface area contributed by atoms with Gasteiger partial charge in [0.05, 0.1) is 12.1 Å². The summed E-state index contributed by atoms with van der Waals surface area (Å²) in [7, 11) is 0. The zero-order chi connectivity index (χ0) is 21.4. The molecular formula is C21H28N4O3S. The van der Waals surface area contributed by atoms with Crippen LogP contribution in [0.15, 0.2) is 35.7 Å². The van der Waals surface area contributed by atoms with Crippen LogP contribution < -0.4 is 10.6 Å². The lowest BCUT2D eigenvalue weighted by molar-refractivity contribution is -0.120. The number of hydrogen-bond donors (Lipinski definition) is 2. The molecule has 0 aliphatic carbocycles. The van der Waals surface area contributed by atoms with Gasteiger partial charge in [-0.05, 0) is 31.9 Å². The zero-order valence-electron chi connectivity index (χ0n) is 17.3. The van der Waals surface area contributed by atoms with Crippen LogP contribution in [0.2, 0.25) is 0 Å². The van der Waals surface area contributed by atoms with Crippen molar-refractivity contribution in [3.8, 4) is 0 Å². The fraction of sp³-hybridized carbons (Fsp3) is 0.429. The topological polar surface area (TPSA) is 91.4 Å². The second-order valence-electron chi connectivity index (χ2n) is 7.46. The predicted octanol–water partition coefficient (Wildman–Crippen LogP) is 2.95. The standard InChI is InChI=1S/C21H28N4O3S/c1-14(2)11-22-18(26)10-17-13-29-21(23-17)24-19(27)12-25(15(3)4)20(28)16-8-6-5-7-9-16/h5-9,13-15H,10-12H2,1-4H3,(H,22,26)(H,23,24,27). The van der Waals surface area contributed by atoms with Crippen LogP contribution in [0.4, 0.5) is 5.13 Å². The summed E-state index contributed by atoms with van der Waals surface area (Å²) in [6.07, 6.45) is 0.170. The highest BCUT2D eigenvalue weighted by atomic mass is 32.1. The SMILES string of the molecule is CC(C)CNC(=O)Cc1csc(NC(=O)CN(C(=O)c2ccccc2)C(C)C)n1. The number of hydrogen-bond acceptors (Lipinski definition) is 5. The van der Waals surface area contributed by atoms with Crippen molar-refractivity contribution in [3.63, 3.8) is 0 Å². The molecule has 7 nitrogen and oxygen atoms in total. The Kier molecular flexibility index (Phi) is 8.33. The van der Waals surface area contributed by atoms with E-state index in [-0.39, 0.29) is 36.7 Å². The lowest BCUT2D eigenvalue weighted by Gasteiger charge is -2.26. The molecule has 1 aromatic heterocycles. The maximum absolute atomic E-state index is 12.7. The second kappa shape index (κ2) is 10.7. The minimum absolute atomic E-state index is 0.0742. The molecule has 0 saturated carbocycles. The first-order valence-electron chi connectivity index (χ1n) is 9.63. The molecule has 29 heavy (non-hydrogen) atoms. The molecule has 2 rings (SSSR count). The molecular weight excluding hydrogens is 388 g/mol. The van der Waals surface area contributed by atoms with Gasteiger partial charge in [-0.3, -0.25) is 14.4 Å². The van der Waals surface area contributed by atoms with Gasteiger partial charge in [-0.25, -0.2) is 4.98 Å². The van der Waals surface area contributed by atoms with Gasteiger partial charge >= 0.3 is 0 Å². The van der Waals surface area contributed by atoms with Crippen LogP contribution >= 0.6 is 11.3 Å². The van der Waals surface area contributed by atoms with Crippen molar-refractivity contribution in [3.05, 3.63) is 47.0 Å². The number of amides is 3. The average molecular weight is 417 g/mol. The molecule has 0 bridgehead atoms. The van der Waals surface area contributed by atoms with Crippen molar-refractivity contribution >= 4 is 34.2 Å². The van der Waals surface area contributed by atoms with Crippen LogP contribution in [0, 0.1) is 5.92 Å². The Labute approximate surface area is 175 Å². The molecule has 1 heterocycles. The fourth-order valence-corrected chi connectivity index (χ4v) is 3.27. The van der Waals surface area contributed by atoms with E-state index < -0.39 is 0 Å². The molecule has 0 unspecified atom stereocenters. The van der Waals surface area contributed by atoms with Crippen LogP contribution in [0.1, 0.15) is 43.7 Å². The van der Waals surface area contributed by atoms with Gasteiger partial charge in [0.1, 0.15) is 6.54 Å². The van der Waals surface area contributed by atoms with E-state index in [1.807, 2.05) is 33.8 Å². The van der Waals surface area contributed by atoms with E-state index in [4.69, 9.17) is 0 Å². The number of nitrogens with zero attached hydrogens (tertiary/aromatic N) is 2. The summed E-state index contributed by atoms with van der Waals surface area (Å²) in [6.45, 7) is 8.33. The number of thiazole rings is 1. The molecule has 0 saturated heterocycles. The average Bonchev–Trinajstić information content (AvgIpc) is 3.11. The van der Waals surface area contributed by atoms with Gasteiger partial charge in [0.2, 0.25) is 11.8 Å². The number of anilines is 1. The summed E-state index contributed by atoms with van der Waals surface area (Å²) in [6, 6.07) is 8.75. The Hall–Kier alpha value is -2.74. The first-order valence-corrected chi connectivity index (χ1v) is 10.5. The lowest BCUT2D eigenvalue weighted by atomic mass is 10.1. The highest BCUT2D eigenvalue weighted by Crippen LogP contribution is 2.16. The fourth-order valence-electron chi connectivity index (χ4n) is 2.54. The molecule has 0 spiro atoms. The number of rotatable bonds is 9. The highest BCUT2D eigenvalue weighted by molar-refractivity contribution is 7.13. The summed E-state index contributed by atoms with van der Waals surface area (Å²) in [5.41, 5.74) is 1.14. The molecule has 0 fully saturated rings. The molecule has 0 radical (unpaired) electrons. The minimum atomic E-state index is -0.326. The first-order chi connectivity index (χ1) is 13.8. The molecule has 1 aromatic carbocycles. The molecule has 3 amide bonds. The van der Waals surface area contributed by atoms with Crippen molar-refractivity contribution in [2.45, 2.75) is 40.2 Å². The summed E-state index contributed by atoms with van der Waals surface area (Å²) < 4.78 is 0. The highest BCUT2D eigenvalue weighted by Gasteiger charge is 2.22. The van der Waals surface area contributed by atoms with E-state index in [0.717, 1.165) is 0 Å². The van der Waals surface area contributed by atoms with Crippen molar-refractivity contribution in [1.82, 2.24) is 15.2 Å². The molecule has 0 aliphatic heterocycles. The molecule has 2 N–H and O–H groups in total. The molecule has 156 valence electrons. The van der Waals surface area contributed by atoms with Crippen molar-refractivity contribution in [2.75, 3.05) is 18.4 Å². The number of carbonyl (C=O) groups is 3. The monoisotopic (exact) mass is 416 g/mol. The zero-order valence-corrected chi connectivity index (χ0v) is 18.1. The van der Waals surface area contributed by atoms with Crippen molar-refractivity contribution in [2.24, 2.45) is 5.92 Å². The van der Waals surface area contributed by atoms with E-state index in [1.165, 1.54) is 16.2 Å². The van der Waals surface area contributed by atoms with E-state index in [1.54, 1.807) is 29.6 Å². The van der Waals surface area contributed by atoms with E-state index in [0.29, 0.717) is 28.9 Å². The summed E-state index contributed by atoms with van der Waals surface area (Å²) in [5.74, 6) is -0.237. The van der Waals surface area contributed by atoms with Crippen LogP contribution in [-0.2, 0) is 16.0 Å². The third-order valence-corrected chi connectivity index (χ3v) is 4.87. The normalized spacial score (nSPS) is 10.8. The van der Waals surface area contributed by atoms with Crippen molar-refractivity contribution < 1.29 is 14.4 Å². The number of aromatic nitrogens is 1.